The van der Waals surface area contributed by atoms with Gasteiger partial charge in [-0.3, -0.25) is 9.59 Å². The molecule has 5 nitrogen and oxygen atoms in total. The predicted molar refractivity (Wildman–Crippen MR) is 120 cm³/mol. The number of hydrogen-bond donors (Lipinski definition) is 1. The molecule has 0 radical (unpaired) electrons. The number of nitrogens with zero attached hydrogens (tertiary/aromatic N) is 1. The quantitative estimate of drug-likeness (QED) is 0.250. The van der Waals surface area contributed by atoms with Crippen LogP contribution in [-0.2, 0) is 9.59 Å². The molecular weight excluding hydrogens is 398 g/mol. The number of amides is 1. The van der Waals surface area contributed by atoms with E-state index in [1.54, 1.807) is 23.1 Å². The fourth-order valence-corrected chi connectivity index (χ4v) is 4.74. The van der Waals surface area contributed by atoms with Gasteiger partial charge in [-0.2, -0.15) is 0 Å². The van der Waals surface area contributed by atoms with Crippen molar-refractivity contribution >= 4 is 28.8 Å². The molecule has 1 atom stereocenters. The lowest BCUT2D eigenvalue weighted by Crippen LogP contribution is -2.30. The van der Waals surface area contributed by atoms with Gasteiger partial charge in [0, 0.05) is 17.0 Å². The lowest BCUT2D eigenvalue weighted by molar-refractivity contribution is -0.139. The molecule has 1 amide bonds. The van der Waals surface area contributed by atoms with E-state index in [1.807, 2.05) is 31.4 Å². The minimum atomic E-state index is -0.623. The van der Waals surface area contributed by atoms with Crippen molar-refractivity contribution in [3.05, 3.63) is 57.3 Å². The van der Waals surface area contributed by atoms with Crippen LogP contribution in [0.15, 0.2) is 41.3 Å². The molecule has 0 aliphatic carbocycles. The summed E-state index contributed by atoms with van der Waals surface area (Å²) in [6.45, 7) is 7.16. The lowest BCUT2D eigenvalue weighted by atomic mass is 9.98. The van der Waals surface area contributed by atoms with Gasteiger partial charge in [-0.05, 0) is 48.9 Å². The first-order chi connectivity index (χ1) is 14.5. The van der Waals surface area contributed by atoms with Gasteiger partial charge in [0.1, 0.15) is 11.5 Å². The van der Waals surface area contributed by atoms with Gasteiger partial charge in [0.05, 0.1) is 18.2 Å². The Bertz CT molecular complexity index is 946. The second kappa shape index (κ2) is 9.94. The molecule has 3 rings (SSSR count). The number of unbranched alkanes of at least 4 members (excludes halogenated alkanes) is 2. The van der Waals surface area contributed by atoms with Crippen LogP contribution < -0.4 is 4.74 Å². The van der Waals surface area contributed by atoms with Gasteiger partial charge < -0.3 is 14.7 Å². The van der Waals surface area contributed by atoms with E-state index in [4.69, 9.17) is 4.74 Å². The largest absolute Gasteiger partial charge is 0.507 e. The van der Waals surface area contributed by atoms with Crippen LogP contribution in [0.1, 0.15) is 61.6 Å². The highest BCUT2D eigenvalue weighted by molar-refractivity contribution is 7.10. The van der Waals surface area contributed by atoms with E-state index in [0.29, 0.717) is 24.5 Å². The van der Waals surface area contributed by atoms with Crippen LogP contribution in [0.4, 0.5) is 0 Å². The SMILES string of the molecule is CCCCCN1C(=O)C(=O)/C(=C(\O)c2cccc(OCCC)c2)C1c1sccc1C. The Morgan fingerprint density at radius 2 is 1.97 bits per heavy atom. The summed E-state index contributed by atoms with van der Waals surface area (Å²) in [5.41, 5.74) is 1.65. The Labute approximate surface area is 182 Å². The number of carbonyl (C=O) groups excluding carboxylic acids is 2. The zero-order chi connectivity index (χ0) is 21.7. The number of likely N-dealkylation sites (tertiary alicyclic amines) is 1. The fraction of sp³-hybridized carbons (Fsp3) is 0.417. The number of aliphatic hydroxyl groups is 1. The molecule has 1 unspecified atom stereocenters. The van der Waals surface area contributed by atoms with Crippen LogP contribution in [0, 0.1) is 6.92 Å². The minimum Gasteiger partial charge on any atom is -0.507 e. The molecule has 0 bridgehead atoms. The fourth-order valence-electron chi connectivity index (χ4n) is 3.69. The Balaban J connectivity index is 2.06. The summed E-state index contributed by atoms with van der Waals surface area (Å²) in [6.07, 6.45) is 3.70. The number of benzene rings is 1. The number of Topliss-reactive ketones (excluding diaryl/α,β-unsaturated/α-hetero) is 1. The number of rotatable bonds is 9. The number of aryl methyl sites for hydroxylation is 1. The van der Waals surface area contributed by atoms with E-state index >= 15 is 0 Å². The number of hydrogen-bond acceptors (Lipinski definition) is 5. The Kier molecular flexibility index (Phi) is 7.32. The highest BCUT2D eigenvalue weighted by Gasteiger charge is 2.46. The molecule has 1 aromatic heterocycles. The molecule has 30 heavy (non-hydrogen) atoms. The summed E-state index contributed by atoms with van der Waals surface area (Å²) in [7, 11) is 0. The average Bonchev–Trinajstić information content (AvgIpc) is 3.27. The molecule has 1 aliphatic rings. The van der Waals surface area contributed by atoms with Crippen molar-refractivity contribution in [2.45, 2.75) is 52.5 Å². The predicted octanol–water partition coefficient (Wildman–Crippen LogP) is 5.46. The van der Waals surface area contributed by atoms with E-state index in [1.165, 1.54) is 11.3 Å². The van der Waals surface area contributed by atoms with E-state index in [0.717, 1.165) is 36.1 Å². The first-order valence-electron chi connectivity index (χ1n) is 10.5. The average molecular weight is 428 g/mol. The number of carbonyl (C=O) groups is 2. The zero-order valence-electron chi connectivity index (χ0n) is 17.8. The Hall–Kier alpha value is -2.60. The Morgan fingerprint density at radius 3 is 2.63 bits per heavy atom. The lowest BCUT2D eigenvalue weighted by Gasteiger charge is -2.24. The van der Waals surface area contributed by atoms with Crippen LogP contribution in [-0.4, -0.2) is 34.8 Å². The molecule has 2 heterocycles. The summed E-state index contributed by atoms with van der Waals surface area (Å²) in [5, 5.41) is 13.1. The summed E-state index contributed by atoms with van der Waals surface area (Å²) < 4.78 is 5.67. The standard InChI is InChI=1S/C24H29NO4S/c1-4-6-7-12-25-20(23-16(3)11-14-30-23)19(22(27)24(25)28)21(26)17-9-8-10-18(15-17)29-13-5-2/h8-11,14-15,20,26H,4-7,12-13H2,1-3H3/b21-19-. The van der Waals surface area contributed by atoms with Gasteiger partial charge in [0.15, 0.2) is 0 Å². The highest BCUT2D eigenvalue weighted by Crippen LogP contribution is 2.42. The third-order valence-corrected chi connectivity index (χ3v) is 6.34. The summed E-state index contributed by atoms with van der Waals surface area (Å²) in [6, 6.07) is 8.47. The van der Waals surface area contributed by atoms with Crippen molar-refractivity contribution in [2.24, 2.45) is 0 Å². The molecule has 0 spiro atoms. The third kappa shape index (κ3) is 4.43. The molecule has 0 saturated carbocycles. The van der Waals surface area contributed by atoms with Gasteiger partial charge in [0.25, 0.3) is 11.7 Å². The third-order valence-electron chi connectivity index (χ3n) is 5.27. The smallest absolute Gasteiger partial charge is 0.295 e. The van der Waals surface area contributed by atoms with E-state index in [-0.39, 0.29) is 11.3 Å². The van der Waals surface area contributed by atoms with Gasteiger partial charge in [0.2, 0.25) is 0 Å². The summed E-state index contributed by atoms with van der Waals surface area (Å²) in [4.78, 5) is 28.4. The van der Waals surface area contributed by atoms with Crippen molar-refractivity contribution < 1.29 is 19.4 Å². The van der Waals surface area contributed by atoms with Gasteiger partial charge in [-0.1, -0.05) is 38.8 Å². The monoisotopic (exact) mass is 427 g/mol. The first-order valence-corrected chi connectivity index (χ1v) is 11.4. The molecular formula is C24H29NO4S. The molecule has 1 N–H and O–H groups in total. The highest BCUT2D eigenvalue weighted by atomic mass is 32.1. The number of thiophene rings is 1. The normalized spacial score (nSPS) is 18.2. The van der Waals surface area contributed by atoms with E-state index in [9.17, 15) is 14.7 Å². The first kappa shape index (κ1) is 22.1. The number of ketones is 1. The zero-order valence-corrected chi connectivity index (χ0v) is 18.6. The molecule has 160 valence electrons. The molecule has 1 aliphatic heterocycles. The van der Waals surface area contributed by atoms with Gasteiger partial charge >= 0.3 is 0 Å². The van der Waals surface area contributed by atoms with Crippen LogP contribution in [0.25, 0.3) is 5.76 Å². The maximum atomic E-state index is 13.0. The molecule has 1 fully saturated rings. The van der Waals surface area contributed by atoms with E-state index < -0.39 is 17.7 Å². The number of ether oxygens (including phenoxy) is 1. The van der Waals surface area contributed by atoms with Crippen LogP contribution >= 0.6 is 11.3 Å². The summed E-state index contributed by atoms with van der Waals surface area (Å²) in [5.74, 6) is -0.682. The maximum absolute atomic E-state index is 13.0. The van der Waals surface area contributed by atoms with Crippen molar-refractivity contribution in [2.75, 3.05) is 13.2 Å². The second-order valence-corrected chi connectivity index (χ2v) is 8.49. The topological polar surface area (TPSA) is 66.8 Å². The molecule has 6 heteroatoms. The van der Waals surface area contributed by atoms with Crippen molar-refractivity contribution in [1.29, 1.82) is 0 Å². The summed E-state index contributed by atoms with van der Waals surface area (Å²) >= 11 is 1.51. The van der Waals surface area contributed by atoms with Gasteiger partial charge in [-0.25, -0.2) is 0 Å². The van der Waals surface area contributed by atoms with E-state index in [2.05, 4.69) is 6.92 Å². The number of aliphatic hydroxyl groups excluding tert-OH is 1. The van der Waals surface area contributed by atoms with Crippen molar-refractivity contribution in [3.8, 4) is 5.75 Å². The van der Waals surface area contributed by atoms with Crippen molar-refractivity contribution in [3.63, 3.8) is 0 Å². The van der Waals surface area contributed by atoms with Crippen LogP contribution in [0.5, 0.6) is 5.75 Å². The van der Waals surface area contributed by atoms with Crippen molar-refractivity contribution in [1.82, 2.24) is 4.90 Å². The van der Waals surface area contributed by atoms with Gasteiger partial charge in [-0.15, -0.1) is 11.3 Å². The maximum Gasteiger partial charge on any atom is 0.295 e. The van der Waals surface area contributed by atoms with Crippen LogP contribution in [0.3, 0.4) is 0 Å². The molecule has 2 aromatic rings. The Morgan fingerprint density at radius 1 is 1.17 bits per heavy atom. The molecule has 1 saturated heterocycles. The molecule has 1 aromatic carbocycles. The second-order valence-electron chi connectivity index (χ2n) is 7.54. The van der Waals surface area contributed by atoms with Crippen LogP contribution in [0.2, 0.25) is 0 Å². The minimum absolute atomic E-state index is 0.147.